The highest BCUT2D eigenvalue weighted by Crippen LogP contribution is 2.29. The lowest BCUT2D eigenvalue weighted by Gasteiger charge is -2.39. The van der Waals surface area contributed by atoms with Crippen LogP contribution in [0.15, 0.2) is 96.0 Å². The van der Waals surface area contributed by atoms with E-state index in [4.69, 9.17) is 27.9 Å². The molecule has 1 N–H and O–H groups in total. The average Bonchev–Trinajstić information content (AvgIpc) is 3.08. The fraction of sp³-hybridized carbons (Fsp3) is 0.294. The summed E-state index contributed by atoms with van der Waals surface area (Å²) in [6.45, 7) is 5.98. The smallest absolute Gasteiger partial charge is 0.261 e. The Morgan fingerprint density at radius 1 is 0.848 bits per heavy atom. The predicted molar refractivity (Wildman–Crippen MR) is 181 cm³/mol. The van der Waals surface area contributed by atoms with Crippen LogP contribution in [0.4, 0.5) is 11.4 Å². The fourth-order valence-electron chi connectivity index (χ4n) is 5.82. The number of aromatic nitrogens is 1. The number of rotatable bonds is 9. The van der Waals surface area contributed by atoms with Gasteiger partial charge in [0.1, 0.15) is 5.75 Å². The highest BCUT2D eigenvalue weighted by Gasteiger charge is 2.30. The number of amides is 1. The second kappa shape index (κ2) is 14.3. The minimum atomic E-state index is -3.87. The van der Waals surface area contributed by atoms with Gasteiger partial charge in [-0.05, 0) is 66.9 Å². The van der Waals surface area contributed by atoms with Crippen LogP contribution in [0, 0.1) is 5.92 Å². The first-order valence-electron chi connectivity index (χ1n) is 15.3. The first-order chi connectivity index (χ1) is 22.2. The van der Waals surface area contributed by atoms with Gasteiger partial charge in [0, 0.05) is 63.5 Å². The lowest BCUT2D eigenvalue weighted by atomic mass is 9.94. The van der Waals surface area contributed by atoms with Crippen molar-refractivity contribution in [1.29, 1.82) is 0 Å². The lowest BCUT2D eigenvalue weighted by Crippen LogP contribution is -2.51. The number of ether oxygens (including phenoxy) is 1. The van der Waals surface area contributed by atoms with Crippen LogP contribution in [-0.2, 0) is 21.4 Å². The Kier molecular flexibility index (Phi) is 9.98. The number of carbonyl (C=O) groups excluding carboxylic acids is 1. The van der Waals surface area contributed by atoms with Gasteiger partial charge in [-0.3, -0.25) is 14.4 Å². The van der Waals surface area contributed by atoms with Crippen molar-refractivity contribution in [3.63, 3.8) is 0 Å². The first kappa shape index (κ1) is 32.1. The molecule has 240 valence electrons. The molecule has 4 aromatic rings. The number of benzene rings is 3. The molecule has 1 amide bonds. The predicted octanol–water partition coefficient (Wildman–Crippen LogP) is 6.54. The second-order valence-corrected chi connectivity index (χ2v) is 14.0. The zero-order valence-corrected chi connectivity index (χ0v) is 27.5. The summed E-state index contributed by atoms with van der Waals surface area (Å²) < 4.78 is 33.7. The number of pyridine rings is 1. The van der Waals surface area contributed by atoms with Crippen LogP contribution in [0.2, 0.25) is 10.0 Å². The summed E-state index contributed by atoms with van der Waals surface area (Å²) >= 11 is 11.9. The summed E-state index contributed by atoms with van der Waals surface area (Å²) in [6.07, 6.45) is 3.06. The molecule has 0 aliphatic carbocycles. The Morgan fingerprint density at radius 3 is 2.22 bits per heavy atom. The number of hydrogen-bond donors (Lipinski definition) is 1. The summed E-state index contributed by atoms with van der Waals surface area (Å²) in [4.78, 5) is 24.3. The minimum absolute atomic E-state index is 0.00801. The van der Waals surface area contributed by atoms with E-state index in [-0.39, 0.29) is 26.5 Å². The van der Waals surface area contributed by atoms with Crippen LogP contribution >= 0.6 is 23.2 Å². The Bertz CT molecular complexity index is 1740. The largest absolute Gasteiger partial charge is 0.439 e. The van der Waals surface area contributed by atoms with E-state index in [9.17, 15) is 13.2 Å². The second-order valence-electron chi connectivity index (χ2n) is 11.5. The molecule has 2 aliphatic heterocycles. The number of hydrogen-bond acceptors (Lipinski definition) is 7. The van der Waals surface area contributed by atoms with E-state index in [1.165, 1.54) is 30.0 Å². The van der Waals surface area contributed by atoms with E-state index in [1.54, 1.807) is 12.1 Å². The van der Waals surface area contributed by atoms with E-state index >= 15 is 0 Å². The summed E-state index contributed by atoms with van der Waals surface area (Å²) in [5, 5.41) is 0.421. The number of anilines is 2. The summed E-state index contributed by atoms with van der Waals surface area (Å²) in [5.74, 6) is 1.30. The van der Waals surface area contributed by atoms with Crippen molar-refractivity contribution >= 4 is 50.5 Å². The lowest BCUT2D eigenvalue weighted by molar-refractivity contribution is -0.138. The standard InChI is InChI=1S/C34H35Cl2N5O4S/c35-31-12-11-30(22-32(31)36)46(43,44)38-27-6-13-33(37-23-27)45-29-9-7-28(8-10-29)40-16-14-26(15-17-40)34(42)41-20-18-39(19-21-41)24-25-4-2-1-3-5-25/h1-13,22-23,26,38H,14-21,24H2. The molecular weight excluding hydrogens is 645 g/mol. The molecule has 12 heteroatoms. The maximum absolute atomic E-state index is 13.3. The van der Waals surface area contributed by atoms with E-state index in [0.717, 1.165) is 64.3 Å². The molecule has 0 spiro atoms. The maximum atomic E-state index is 13.3. The normalized spacial score (nSPS) is 16.3. The van der Waals surface area contributed by atoms with Gasteiger partial charge in [0.25, 0.3) is 10.0 Å². The highest BCUT2D eigenvalue weighted by molar-refractivity contribution is 7.92. The highest BCUT2D eigenvalue weighted by atomic mass is 35.5. The van der Waals surface area contributed by atoms with Crippen LogP contribution in [0.1, 0.15) is 18.4 Å². The van der Waals surface area contributed by atoms with Gasteiger partial charge in [-0.1, -0.05) is 53.5 Å². The van der Waals surface area contributed by atoms with Gasteiger partial charge < -0.3 is 14.5 Å². The molecule has 0 saturated carbocycles. The molecule has 1 aromatic heterocycles. The van der Waals surface area contributed by atoms with Crippen molar-refractivity contribution in [2.24, 2.45) is 5.92 Å². The molecule has 0 atom stereocenters. The van der Waals surface area contributed by atoms with Crippen LogP contribution in [0.25, 0.3) is 0 Å². The SMILES string of the molecule is O=C(C1CCN(c2ccc(Oc3ccc(NS(=O)(=O)c4ccc(Cl)c(Cl)c4)cn3)cc2)CC1)N1CCN(Cc2ccccc2)CC1. The number of piperazine rings is 1. The van der Waals surface area contributed by atoms with Gasteiger partial charge in [-0.25, -0.2) is 13.4 Å². The molecule has 3 aromatic carbocycles. The van der Waals surface area contributed by atoms with Crippen molar-refractivity contribution in [3.8, 4) is 11.6 Å². The van der Waals surface area contributed by atoms with Gasteiger partial charge in [0.15, 0.2) is 0 Å². The van der Waals surface area contributed by atoms with E-state index in [1.807, 2.05) is 30.3 Å². The number of carbonyl (C=O) groups is 1. The zero-order valence-electron chi connectivity index (χ0n) is 25.2. The molecule has 2 saturated heterocycles. The fourth-order valence-corrected chi connectivity index (χ4v) is 7.25. The summed E-state index contributed by atoms with van der Waals surface area (Å²) in [6, 6.07) is 25.5. The van der Waals surface area contributed by atoms with Crippen molar-refractivity contribution in [1.82, 2.24) is 14.8 Å². The quantitative estimate of drug-likeness (QED) is 0.215. The van der Waals surface area contributed by atoms with Crippen LogP contribution in [-0.4, -0.2) is 68.4 Å². The number of nitrogens with one attached hydrogen (secondary N) is 1. The van der Waals surface area contributed by atoms with Gasteiger partial charge in [-0.15, -0.1) is 0 Å². The molecule has 3 heterocycles. The first-order valence-corrected chi connectivity index (χ1v) is 17.5. The van der Waals surface area contributed by atoms with Crippen molar-refractivity contribution in [3.05, 3.63) is 107 Å². The van der Waals surface area contributed by atoms with Gasteiger partial charge in [-0.2, -0.15) is 0 Å². The van der Waals surface area contributed by atoms with Gasteiger partial charge in [0.05, 0.1) is 26.8 Å². The van der Waals surface area contributed by atoms with Crippen LogP contribution in [0.3, 0.4) is 0 Å². The third kappa shape index (κ3) is 7.93. The molecule has 6 rings (SSSR count). The average molecular weight is 681 g/mol. The Hall–Kier alpha value is -3.83. The molecule has 0 radical (unpaired) electrons. The molecule has 46 heavy (non-hydrogen) atoms. The molecule has 9 nitrogen and oxygen atoms in total. The number of halogens is 2. The molecule has 0 unspecified atom stereocenters. The molecule has 2 fully saturated rings. The van der Waals surface area contributed by atoms with Gasteiger partial charge in [0.2, 0.25) is 11.8 Å². The van der Waals surface area contributed by atoms with Gasteiger partial charge >= 0.3 is 0 Å². The van der Waals surface area contributed by atoms with Crippen LogP contribution < -0.4 is 14.4 Å². The van der Waals surface area contributed by atoms with E-state index in [0.29, 0.717) is 17.5 Å². The molecular formula is C34H35Cl2N5O4S. The summed E-state index contributed by atoms with van der Waals surface area (Å²) in [5.41, 5.74) is 2.67. The number of piperidine rings is 1. The van der Waals surface area contributed by atoms with E-state index in [2.05, 4.69) is 48.7 Å². The van der Waals surface area contributed by atoms with Crippen LogP contribution in [0.5, 0.6) is 11.6 Å². The third-order valence-electron chi connectivity index (χ3n) is 8.39. The number of sulfonamides is 1. The van der Waals surface area contributed by atoms with Crippen molar-refractivity contribution in [2.45, 2.75) is 24.3 Å². The third-order valence-corrected chi connectivity index (χ3v) is 10.5. The Labute approximate surface area is 279 Å². The Balaban J connectivity index is 0.957. The zero-order chi connectivity index (χ0) is 32.1. The molecule has 2 aliphatic rings. The maximum Gasteiger partial charge on any atom is 0.261 e. The topological polar surface area (TPSA) is 95.1 Å². The monoisotopic (exact) mass is 679 g/mol. The van der Waals surface area contributed by atoms with Crippen molar-refractivity contribution in [2.75, 3.05) is 48.9 Å². The molecule has 0 bridgehead atoms. The number of nitrogens with zero attached hydrogens (tertiary/aromatic N) is 4. The Morgan fingerprint density at radius 2 is 1.57 bits per heavy atom. The van der Waals surface area contributed by atoms with E-state index < -0.39 is 10.0 Å². The van der Waals surface area contributed by atoms with Crippen molar-refractivity contribution < 1.29 is 17.9 Å². The summed E-state index contributed by atoms with van der Waals surface area (Å²) in [7, 11) is -3.87. The minimum Gasteiger partial charge on any atom is -0.439 e.